The minimum Gasteiger partial charge on any atom is -0.388 e. The van der Waals surface area contributed by atoms with E-state index in [4.69, 9.17) is 14.2 Å². The van der Waals surface area contributed by atoms with Gasteiger partial charge in [0.1, 0.15) is 24.5 Å². The Morgan fingerprint density at radius 2 is 1.76 bits per heavy atom. The van der Waals surface area contributed by atoms with Crippen LogP contribution in [0.1, 0.15) is 27.2 Å². The van der Waals surface area contributed by atoms with Crippen molar-refractivity contribution in [2.45, 2.75) is 64.1 Å². The van der Waals surface area contributed by atoms with Gasteiger partial charge in [-0.05, 0) is 19.5 Å². The average Bonchev–Trinajstić information content (AvgIpc) is 2.48. The van der Waals surface area contributed by atoms with Crippen LogP contribution in [0.2, 0.25) is 0 Å². The zero-order valence-electron chi connectivity index (χ0n) is 13.3. The van der Waals surface area contributed by atoms with Crippen molar-refractivity contribution >= 4 is 0 Å². The maximum absolute atomic E-state index is 10.2. The molecule has 0 aromatic rings. The summed E-state index contributed by atoms with van der Waals surface area (Å²) in [5, 5.41) is 30.4. The molecule has 1 aliphatic rings. The van der Waals surface area contributed by atoms with Crippen molar-refractivity contribution < 1.29 is 29.5 Å². The fourth-order valence-corrected chi connectivity index (χ4v) is 2.58. The van der Waals surface area contributed by atoms with Gasteiger partial charge in [-0.1, -0.05) is 20.8 Å². The second kappa shape index (κ2) is 8.99. The Labute approximate surface area is 126 Å². The number of likely N-dealkylation sites (N-methyl/N-ethyl adjacent to an activating group) is 1. The molecule has 3 N–H and O–H groups in total. The Bertz CT molecular complexity index is 273. The molecular weight excluding hydrogens is 278 g/mol. The minimum atomic E-state index is -1.10. The molecule has 1 saturated heterocycles. The summed E-state index contributed by atoms with van der Waals surface area (Å²) >= 11 is 0. The number of hydrogen-bond donors (Lipinski definition) is 3. The fraction of sp³-hybridized carbons (Fsp3) is 1.00. The van der Waals surface area contributed by atoms with E-state index in [1.165, 1.54) is 7.11 Å². The SMILES string of the molecule is CCC1OC(OC)C(O)C(OCC(O)N(CC)CC)C1O. The first kappa shape index (κ1) is 18.8. The normalized spacial score (nSPS) is 35.1. The Balaban J connectivity index is 2.65. The third-order valence-corrected chi connectivity index (χ3v) is 3.95. The summed E-state index contributed by atoms with van der Waals surface area (Å²) in [6.07, 6.45) is -4.41. The summed E-state index contributed by atoms with van der Waals surface area (Å²) in [6, 6.07) is 0. The molecule has 1 heterocycles. The molecule has 1 aliphatic heterocycles. The molecule has 1 rings (SSSR count). The van der Waals surface area contributed by atoms with Gasteiger partial charge in [0.2, 0.25) is 0 Å². The predicted octanol–water partition coefficient (Wildman–Crippen LogP) is -0.465. The molecule has 0 spiro atoms. The molecule has 21 heavy (non-hydrogen) atoms. The number of rotatable bonds is 8. The zero-order valence-corrected chi connectivity index (χ0v) is 13.3. The number of hydrogen-bond acceptors (Lipinski definition) is 7. The van der Waals surface area contributed by atoms with Crippen molar-refractivity contribution in [1.29, 1.82) is 0 Å². The van der Waals surface area contributed by atoms with Crippen LogP contribution in [0.5, 0.6) is 0 Å². The van der Waals surface area contributed by atoms with Gasteiger partial charge in [-0.3, -0.25) is 4.90 Å². The first-order chi connectivity index (χ1) is 9.99. The standard InChI is InChI=1S/C14H29NO6/c1-5-9-11(17)13(12(18)14(19-4)21-9)20-8-10(16)15(6-2)7-3/h9-14,16-18H,5-8H2,1-4H3. The molecule has 7 heteroatoms. The van der Waals surface area contributed by atoms with Gasteiger partial charge in [-0.15, -0.1) is 0 Å². The first-order valence-electron chi connectivity index (χ1n) is 7.58. The van der Waals surface area contributed by atoms with Gasteiger partial charge in [-0.2, -0.15) is 0 Å². The van der Waals surface area contributed by atoms with Crippen molar-refractivity contribution in [3.63, 3.8) is 0 Å². The van der Waals surface area contributed by atoms with Crippen LogP contribution in [0.25, 0.3) is 0 Å². The van der Waals surface area contributed by atoms with Crippen LogP contribution < -0.4 is 0 Å². The van der Waals surface area contributed by atoms with Gasteiger partial charge >= 0.3 is 0 Å². The van der Waals surface area contributed by atoms with E-state index in [-0.39, 0.29) is 6.61 Å². The van der Waals surface area contributed by atoms with Crippen LogP contribution in [0.4, 0.5) is 0 Å². The van der Waals surface area contributed by atoms with E-state index >= 15 is 0 Å². The zero-order chi connectivity index (χ0) is 16.0. The topological polar surface area (TPSA) is 91.6 Å². The van der Waals surface area contributed by atoms with Gasteiger partial charge in [0, 0.05) is 7.11 Å². The van der Waals surface area contributed by atoms with Crippen LogP contribution in [-0.4, -0.2) is 84.0 Å². The van der Waals surface area contributed by atoms with Gasteiger partial charge in [0.25, 0.3) is 0 Å². The van der Waals surface area contributed by atoms with E-state index in [1.807, 2.05) is 25.7 Å². The minimum absolute atomic E-state index is 0.00728. The van der Waals surface area contributed by atoms with Gasteiger partial charge in [0.05, 0.1) is 12.7 Å². The average molecular weight is 307 g/mol. The van der Waals surface area contributed by atoms with E-state index in [2.05, 4.69) is 0 Å². The molecule has 0 amide bonds. The van der Waals surface area contributed by atoms with E-state index in [1.54, 1.807) is 0 Å². The van der Waals surface area contributed by atoms with Crippen LogP contribution in [0.3, 0.4) is 0 Å². The van der Waals surface area contributed by atoms with E-state index < -0.39 is 36.9 Å². The first-order valence-corrected chi connectivity index (χ1v) is 7.58. The molecule has 6 atom stereocenters. The van der Waals surface area contributed by atoms with E-state index in [9.17, 15) is 15.3 Å². The fourth-order valence-electron chi connectivity index (χ4n) is 2.58. The van der Waals surface area contributed by atoms with Crippen LogP contribution >= 0.6 is 0 Å². The Morgan fingerprint density at radius 3 is 2.24 bits per heavy atom. The number of aliphatic hydroxyl groups is 3. The van der Waals surface area contributed by atoms with Crippen molar-refractivity contribution in [2.75, 3.05) is 26.8 Å². The molecule has 0 radical (unpaired) electrons. The Morgan fingerprint density at radius 1 is 1.14 bits per heavy atom. The number of nitrogens with zero attached hydrogens (tertiary/aromatic N) is 1. The van der Waals surface area contributed by atoms with Crippen LogP contribution in [0.15, 0.2) is 0 Å². The molecule has 0 aromatic heterocycles. The third kappa shape index (κ3) is 4.59. The molecule has 0 bridgehead atoms. The van der Waals surface area contributed by atoms with Crippen molar-refractivity contribution in [3.05, 3.63) is 0 Å². The lowest BCUT2D eigenvalue weighted by Crippen LogP contribution is -2.59. The predicted molar refractivity (Wildman–Crippen MR) is 76.6 cm³/mol. The number of aliphatic hydroxyl groups excluding tert-OH is 3. The second-order valence-corrected chi connectivity index (χ2v) is 5.17. The molecule has 0 saturated carbocycles. The summed E-state index contributed by atoms with van der Waals surface area (Å²) in [5.74, 6) is 0. The van der Waals surface area contributed by atoms with Crippen molar-refractivity contribution in [1.82, 2.24) is 4.90 Å². The summed E-state index contributed by atoms with van der Waals surface area (Å²) in [5.41, 5.74) is 0. The Kier molecular flexibility index (Phi) is 8.04. The quantitative estimate of drug-likeness (QED) is 0.522. The van der Waals surface area contributed by atoms with E-state index in [0.29, 0.717) is 19.5 Å². The maximum atomic E-state index is 10.2. The molecular formula is C14H29NO6. The monoisotopic (exact) mass is 307 g/mol. The molecule has 0 aliphatic carbocycles. The molecule has 1 fully saturated rings. The van der Waals surface area contributed by atoms with Crippen LogP contribution in [0, 0.1) is 0 Å². The summed E-state index contributed by atoms with van der Waals surface area (Å²) in [4.78, 5) is 1.82. The highest BCUT2D eigenvalue weighted by Gasteiger charge is 2.45. The molecule has 6 unspecified atom stereocenters. The molecule has 7 nitrogen and oxygen atoms in total. The molecule has 126 valence electrons. The van der Waals surface area contributed by atoms with Crippen molar-refractivity contribution in [3.8, 4) is 0 Å². The van der Waals surface area contributed by atoms with Gasteiger partial charge < -0.3 is 29.5 Å². The number of methoxy groups -OCH3 is 1. The van der Waals surface area contributed by atoms with Crippen LogP contribution in [-0.2, 0) is 14.2 Å². The summed E-state index contributed by atoms with van der Waals surface area (Å²) in [7, 11) is 1.43. The highest BCUT2D eigenvalue weighted by atomic mass is 16.7. The van der Waals surface area contributed by atoms with E-state index in [0.717, 1.165) is 0 Å². The lowest BCUT2D eigenvalue weighted by molar-refractivity contribution is -0.301. The maximum Gasteiger partial charge on any atom is 0.186 e. The smallest absolute Gasteiger partial charge is 0.186 e. The largest absolute Gasteiger partial charge is 0.388 e. The lowest BCUT2D eigenvalue weighted by Gasteiger charge is -2.42. The number of ether oxygens (including phenoxy) is 3. The molecule has 0 aromatic carbocycles. The van der Waals surface area contributed by atoms with Gasteiger partial charge in [0.15, 0.2) is 6.29 Å². The van der Waals surface area contributed by atoms with Gasteiger partial charge in [-0.25, -0.2) is 0 Å². The Hall–Kier alpha value is -0.280. The lowest BCUT2D eigenvalue weighted by atomic mass is 9.97. The summed E-state index contributed by atoms with van der Waals surface area (Å²) in [6.45, 7) is 7.15. The second-order valence-electron chi connectivity index (χ2n) is 5.17. The highest BCUT2D eigenvalue weighted by Crippen LogP contribution is 2.25. The van der Waals surface area contributed by atoms with Crippen molar-refractivity contribution in [2.24, 2.45) is 0 Å². The summed E-state index contributed by atoms with van der Waals surface area (Å²) < 4.78 is 16.1. The third-order valence-electron chi connectivity index (χ3n) is 3.95. The highest BCUT2D eigenvalue weighted by molar-refractivity contribution is 4.90.